The number of piperidine rings is 1. The van der Waals surface area contributed by atoms with E-state index in [1.807, 2.05) is 12.1 Å². The fourth-order valence-corrected chi connectivity index (χ4v) is 2.79. The number of rotatable bonds is 8. The third kappa shape index (κ3) is 7.05. The summed E-state index contributed by atoms with van der Waals surface area (Å²) in [5.41, 5.74) is 0. The number of hydrogen-bond acceptors (Lipinski definition) is 3. The van der Waals surface area contributed by atoms with Crippen LogP contribution in [0.4, 0.5) is 0 Å². The summed E-state index contributed by atoms with van der Waals surface area (Å²) in [7, 11) is 0. The quantitative estimate of drug-likeness (QED) is 0.378. The Morgan fingerprint density at radius 1 is 1.17 bits per heavy atom. The van der Waals surface area contributed by atoms with Gasteiger partial charge in [0.25, 0.3) is 0 Å². The molecule has 1 aliphatic heterocycles. The first-order valence-electron chi connectivity index (χ1n) is 8.81. The number of nitrogens with zero attached hydrogens (tertiary/aromatic N) is 3. The van der Waals surface area contributed by atoms with E-state index in [1.54, 1.807) is 0 Å². The molecule has 0 radical (unpaired) electrons. The van der Waals surface area contributed by atoms with Gasteiger partial charge in [-0.05, 0) is 44.9 Å². The lowest BCUT2D eigenvalue weighted by Gasteiger charge is -2.29. The minimum Gasteiger partial charge on any atom is -0.393 e. The van der Waals surface area contributed by atoms with E-state index in [2.05, 4.69) is 44.4 Å². The molecule has 0 atom stereocenters. The summed E-state index contributed by atoms with van der Waals surface area (Å²) < 4.78 is 2.15. The molecular formula is C17H31N5O. The van der Waals surface area contributed by atoms with Crippen molar-refractivity contribution in [2.45, 2.75) is 38.8 Å². The molecule has 0 amide bonds. The van der Waals surface area contributed by atoms with Crippen LogP contribution in [0.3, 0.4) is 0 Å². The highest BCUT2D eigenvalue weighted by Crippen LogP contribution is 2.09. The molecule has 0 aromatic carbocycles. The van der Waals surface area contributed by atoms with Gasteiger partial charge >= 0.3 is 0 Å². The predicted molar refractivity (Wildman–Crippen MR) is 94.7 cm³/mol. The summed E-state index contributed by atoms with van der Waals surface area (Å²) >= 11 is 0. The standard InChI is InChI=1S/C17H31N5O/c1-2-18-17(20-9-15-21-10-3-4-11-21)19-8-5-12-22-13-6-16(23)7-14-22/h3-4,10-11,16,23H,2,5-9,12-15H2,1H3,(H2,18,19,20). The van der Waals surface area contributed by atoms with E-state index >= 15 is 0 Å². The van der Waals surface area contributed by atoms with Gasteiger partial charge in [0.15, 0.2) is 5.96 Å². The van der Waals surface area contributed by atoms with Crippen LogP contribution < -0.4 is 10.6 Å². The highest BCUT2D eigenvalue weighted by molar-refractivity contribution is 5.79. The lowest BCUT2D eigenvalue weighted by atomic mass is 10.1. The van der Waals surface area contributed by atoms with Gasteiger partial charge in [-0.15, -0.1) is 0 Å². The third-order valence-electron chi connectivity index (χ3n) is 4.13. The average Bonchev–Trinajstić information content (AvgIpc) is 3.06. The van der Waals surface area contributed by atoms with E-state index in [-0.39, 0.29) is 6.10 Å². The molecule has 0 aliphatic carbocycles. The first kappa shape index (κ1) is 17.8. The Kier molecular flexibility index (Phi) is 7.97. The molecule has 0 saturated carbocycles. The van der Waals surface area contributed by atoms with Crippen LogP contribution in [-0.2, 0) is 6.54 Å². The monoisotopic (exact) mass is 321 g/mol. The number of aliphatic hydroxyl groups is 1. The van der Waals surface area contributed by atoms with Crippen LogP contribution in [-0.4, -0.2) is 65.9 Å². The Bertz CT molecular complexity index is 438. The number of hydrogen-bond donors (Lipinski definition) is 3. The Labute approximate surface area is 139 Å². The number of guanidine groups is 1. The maximum atomic E-state index is 9.51. The molecule has 0 bridgehead atoms. The van der Waals surface area contributed by atoms with E-state index in [4.69, 9.17) is 0 Å². The summed E-state index contributed by atoms with van der Waals surface area (Å²) in [6, 6.07) is 4.08. The zero-order valence-corrected chi connectivity index (χ0v) is 14.2. The lowest BCUT2D eigenvalue weighted by molar-refractivity contribution is 0.0824. The van der Waals surface area contributed by atoms with Crippen LogP contribution in [0, 0.1) is 0 Å². The van der Waals surface area contributed by atoms with Gasteiger partial charge in [-0.3, -0.25) is 4.99 Å². The second-order valence-corrected chi connectivity index (χ2v) is 6.03. The molecule has 2 rings (SSSR count). The van der Waals surface area contributed by atoms with Gasteiger partial charge < -0.3 is 25.2 Å². The molecule has 0 spiro atoms. The van der Waals surface area contributed by atoms with Gasteiger partial charge in [0.05, 0.1) is 6.10 Å². The van der Waals surface area contributed by atoms with Crippen molar-refractivity contribution < 1.29 is 5.11 Å². The Morgan fingerprint density at radius 2 is 1.91 bits per heavy atom. The van der Waals surface area contributed by atoms with Crippen molar-refractivity contribution >= 4 is 5.96 Å². The van der Waals surface area contributed by atoms with Crippen molar-refractivity contribution in [2.75, 3.05) is 39.3 Å². The third-order valence-corrected chi connectivity index (χ3v) is 4.13. The molecule has 1 saturated heterocycles. The smallest absolute Gasteiger partial charge is 0.191 e. The minimum atomic E-state index is -0.0888. The van der Waals surface area contributed by atoms with Gasteiger partial charge in [-0.1, -0.05) is 0 Å². The van der Waals surface area contributed by atoms with E-state index in [9.17, 15) is 5.11 Å². The van der Waals surface area contributed by atoms with Gasteiger partial charge in [-0.25, -0.2) is 0 Å². The van der Waals surface area contributed by atoms with Gasteiger partial charge in [0.2, 0.25) is 0 Å². The van der Waals surface area contributed by atoms with Crippen molar-refractivity contribution in [3.05, 3.63) is 24.5 Å². The Hall–Kier alpha value is -1.53. The maximum absolute atomic E-state index is 9.51. The van der Waals surface area contributed by atoms with E-state index in [0.29, 0.717) is 0 Å². The molecule has 6 nitrogen and oxygen atoms in total. The molecular weight excluding hydrogens is 290 g/mol. The number of aromatic nitrogens is 1. The number of nitrogens with one attached hydrogen (secondary N) is 2. The largest absolute Gasteiger partial charge is 0.393 e. The van der Waals surface area contributed by atoms with Crippen LogP contribution in [0.25, 0.3) is 0 Å². The summed E-state index contributed by atoms with van der Waals surface area (Å²) in [4.78, 5) is 7.07. The summed E-state index contributed by atoms with van der Waals surface area (Å²) in [6.45, 7) is 8.69. The summed E-state index contributed by atoms with van der Waals surface area (Å²) in [5, 5.41) is 16.2. The molecule has 2 heterocycles. The highest BCUT2D eigenvalue weighted by atomic mass is 16.3. The van der Waals surface area contributed by atoms with E-state index < -0.39 is 0 Å². The molecule has 0 unspecified atom stereocenters. The molecule has 130 valence electrons. The normalized spacial score (nSPS) is 17.4. The molecule has 1 aliphatic rings. The predicted octanol–water partition coefficient (Wildman–Crippen LogP) is 0.890. The second kappa shape index (κ2) is 10.3. The number of likely N-dealkylation sites (tertiary alicyclic amines) is 1. The van der Waals surface area contributed by atoms with Gasteiger partial charge in [0, 0.05) is 51.7 Å². The zero-order chi connectivity index (χ0) is 16.3. The van der Waals surface area contributed by atoms with Crippen LogP contribution in [0.5, 0.6) is 0 Å². The lowest BCUT2D eigenvalue weighted by Crippen LogP contribution is -2.39. The van der Waals surface area contributed by atoms with Crippen molar-refractivity contribution in [3.8, 4) is 0 Å². The highest BCUT2D eigenvalue weighted by Gasteiger charge is 2.15. The fraction of sp³-hybridized carbons (Fsp3) is 0.706. The van der Waals surface area contributed by atoms with Crippen molar-refractivity contribution in [3.63, 3.8) is 0 Å². The van der Waals surface area contributed by atoms with Crippen molar-refractivity contribution in [1.82, 2.24) is 20.1 Å². The molecule has 1 aromatic rings. The Morgan fingerprint density at radius 3 is 2.61 bits per heavy atom. The SMILES string of the molecule is CCNC(=NCCCN1CCC(O)CC1)NCCn1cccc1. The van der Waals surface area contributed by atoms with Crippen LogP contribution in [0.15, 0.2) is 29.5 Å². The summed E-state index contributed by atoms with van der Waals surface area (Å²) in [5.74, 6) is 0.897. The minimum absolute atomic E-state index is 0.0888. The maximum Gasteiger partial charge on any atom is 0.191 e. The zero-order valence-electron chi connectivity index (χ0n) is 14.2. The van der Waals surface area contributed by atoms with Crippen molar-refractivity contribution in [1.29, 1.82) is 0 Å². The van der Waals surface area contributed by atoms with Crippen LogP contribution in [0.1, 0.15) is 26.2 Å². The summed E-state index contributed by atoms with van der Waals surface area (Å²) in [6.07, 6.45) is 6.93. The topological polar surface area (TPSA) is 64.8 Å². The Balaban J connectivity index is 1.62. The average molecular weight is 321 g/mol. The first-order chi connectivity index (χ1) is 11.3. The first-order valence-corrected chi connectivity index (χ1v) is 8.81. The van der Waals surface area contributed by atoms with Gasteiger partial charge in [0.1, 0.15) is 0 Å². The molecule has 1 aromatic heterocycles. The fourth-order valence-electron chi connectivity index (χ4n) is 2.79. The number of aliphatic imine (C=N–C) groups is 1. The second-order valence-electron chi connectivity index (χ2n) is 6.03. The molecule has 1 fully saturated rings. The van der Waals surface area contributed by atoms with Crippen LogP contribution >= 0.6 is 0 Å². The van der Waals surface area contributed by atoms with Crippen molar-refractivity contribution in [2.24, 2.45) is 4.99 Å². The molecule has 23 heavy (non-hydrogen) atoms. The van der Waals surface area contributed by atoms with Gasteiger partial charge in [-0.2, -0.15) is 0 Å². The molecule has 6 heteroatoms. The van der Waals surface area contributed by atoms with E-state index in [1.165, 1.54) is 0 Å². The number of aliphatic hydroxyl groups excluding tert-OH is 1. The van der Waals surface area contributed by atoms with E-state index in [0.717, 1.165) is 71.0 Å². The molecule has 3 N–H and O–H groups in total. The van der Waals surface area contributed by atoms with Crippen LogP contribution in [0.2, 0.25) is 0 Å².